The third-order valence-electron chi connectivity index (χ3n) is 3.61. The third-order valence-corrected chi connectivity index (χ3v) is 3.61. The van der Waals surface area contributed by atoms with Gasteiger partial charge in [0.1, 0.15) is 0 Å². The summed E-state index contributed by atoms with van der Waals surface area (Å²) in [4.78, 5) is 12.2. The average Bonchev–Trinajstić information content (AvgIpc) is 3.00. The summed E-state index contributed by atoms with van der Waals surface area (Å²) in [5, 5.41) is 14.9. The lowest BCUT2D eigenvalue weighted by atomic mass is 10.1. The molecule has 0 aliphatic carbocycles. The van der Waals surface area contributed by atoms with Crippen LogP contribution in [-0.4, -0.2) is 12.5 Å². The Bertz CT molecular complexity index is 714. The maximum absolute atomic E-state index is 12.2. The fraction of sp³-hybridized carbons (Fsp3) is 0.176. The first kappa shape index (κ1) is 13.2. The molecule has 1 aliphatic heterocycles. The zero-order chi connectivity index (χ0) is 14.7. The summed E-state index contributed by atoms with van der Waals surface area (Å²) in [5.41, 5.74) is 4.60. The van der Waals surface area contributed by atoms with E-state index in [0.29, 0.717) is 17.7 Å². The van der Waals surface area contributed by atoms with Gasteiger partial charge in [0.2, 0.25) is 0 Å². The number of anilines is 1. The van der Waals surface area contributed by atoms with Crippen molar-refractivity contribution < 1.29 is 4.79 Å². The Morgan fingerprint density at radius 3 is 2.81 bits per heavy atom. The van der Waals surface area contributed by atoms with E-state index < -0.39 is 0 Å². The number of carbonyl (C=O) groups is 1. The van der Waals surface area contributed by atoms with Crippen molar-refractivity contribution in [2.75, 3.05) is 11.9 Å². The maximum Gasteiger partial charge on any atom is 0.251 e. The number of fused-ring (bicyclic) bond motifs is 1. The first-order valence-electron chi connectivity index (χ1n) is 6.90. The van der Waals surface area contributed by atoms with Crippen LogP contribution in [0.4, 0.5) is 5.69 Å². The predicted octanol–water partition coefficient (Wildman–Crippen LogP) is 2.46. The van der Waals surface area contributed by atoms with E-state index in [1.54, 1.807) is 12.1 Å². The molecule has 0 saturated carbocycles. The summed E-state index contributed by atoms with van der Waals surface area (Å²) in [5.74, 6) is -0.0749. The van der Waals surface area contributed by atoms with Gasteiger partial charge in [-0.2, -0.15) is 5.26 Å². The van der Waals surface area contributed by atoms with Crippen molar-refractivity contribution in [3.63, 3.8) is 0 Å². The molecule has 1 amide bonds. The van der Waals surface area contributed by atoms with Gasteiger partial charge >= 0.3 is 0 Å². The molecule has 2 aromatic rings. The van der Waals surface area contributed by atoms with Gasteiger partial charge in [0.25, 0.3) is 5.91 Å². The molecular formula is C17H15N3O. The van der Waals surface area contributed by atoms with E-state index in [4.69, 9.17) is 5.26 Å². The second-order valence-corrected chi connectivity index (χ2v) is 5.04. The normalized spacial score (nSPS) is 12.1. The van der Waals surface area contributed by atoms with Gasteiger partial charge in [-0.15, -0.1) is 0 Å². The van der Waals surface area contributed by atoms with Gasteiger partial charge in [-0.3, -0.25) is 4.79 Å². The first-order chi connectivity index (χ1) is 10.3. The van der Waals surface area contributed by atoms with Gasteiger partial charge in [-0.1, -0.05) is 12.1 Å². The largest absolute Gasteiger partial charge is 0.384 e. The van der Waals surface area contributed by atoms with Crippen molar-refractivity contribution in [1.82, 2.24) is 5.32 Å². The van der Waals surface area contributed by atoms with Crippen LogP contribution in [0.25, 0.3) is 0 Å². The van der Waals surface area contributed by atoms with Crippen LogP contribution < -0.4 is 10.6 Å². The van der Waals surface area contributed by atoms with E-state index in [2.05, 4.69) is 16.7 Å². The molecule has 4 heteroatoms. The Kier molecular flexibility index (Phi) is 3.57. The molecule has 0 bridgehead atoms. The minimum absolute atomic E-state index is 0.0749. The molecule has 4 nitrogen and oxygen atoms in total. The highest BCUT2D eigenvalue weighted by Gasteiger charge is 2.13. The molecular weight excluding hydrogens is 262 g/mol. The molecule has 0 atom stereocenters. The second kappa shape index (κ2) is 5.68. The van der Waals surface area contributed by atoms with Gasteiger partial charge < -0.3 is 10.6 Å². The lowest BCUT2D eigenvalue weighted by Crippen LogP contribution is -2.22. The number of carbonyl (C=O) groups excluding carboxylic acids is 1. The second-order valence-electron chi connectivity index (χ2n) is 5.04. The van der Waals surface area contributed by atoms with E-state index in [1.807, 2.05) is 30.3 Å². The number of hydrogen-bond acceptors (Lipinski definition) is 3. The zero-order valence-corrected chi connectivity index (χ0v) is 11.5. The highest BCUT2D eigenvalue weighted by molar-refractivity contribution is 5.95. The number of nitriles is 1. The van der Waals surface area contributed by atoms with Gasteiger partial charge in [0.15, 0.2) is 0 Å². The Morgan fingerprint density at radius 2 is 2.05 bits per heavy atom. The molecule has 21 heavy (non-hydrogen) atoms. The van der Waals surface area contributed by atoms with E-state index in [1.165, 1.54) is 5.56 Å². The quantitative estimate of drug-likeness (QED) is 0.905. The number of nitrogens with one attached hydrogen (secondary N) is 2. The summed E-state index contributed by atoms with van der Waals surface area (Å²) < 4.78 is 0. The number of nitrogens with zero attached hydrogens (tertiary/aromatic N) is 1. The predicted molar refractivity (Wildman–Crippen MR) is 81.0 cm³/mol. The van der Waals surface area contributed by atoms with E-state index >= 15 is 0 Å². The number of hydrogen-bond donors (Lipinski definition) is 2. The third kappa shape index (κ3) is 2.87. The molecule has 0 radical (unpaired) electrons. The van der Waals surface area contributed by atoms with Crippen molar-refractivity contribution >= 4 is 11.6 Å². The van der Waals surface area contributed by atoms with Crippen LogP contribution in [0.5, 0.6) is 0 Å². The Hall–Kier alpha value is -2.80. The fourth-order valence-corrected chi connectivity index (χ4v) is 2.43. The van der Waals surface area contributed by atoms with Crippen LogP contribution >= 0.6 is 0 Å². The zero-order valence-electron chi connectivity index (χ0n) is 11.5. The van der Waals surface area contributed by atoms with Crippen molar-refractivity contribution in [2.24, 2.45) is 0 Å². The van der Waals surface area contributed by atoms with Crippen LogP contribution in [0.15, 0.2) is 42.5 Å². The van der Waals surface area contributed by atoms with Crippen LogP contribution in [-0.2, 0) is 13.0 Å². The van der Waals surface area contributed by atoms with Gasteiger partial charge in [0, 0.05) is 24.3 Å². The topological polar surface area (TPSA) is 64.9 Å². The molecule has 2 N–H and O–H groups in total. The van der Waals surface area contributed by atoms with Crippen LogP contribution in [0, 0.1) is 11.3 Å². The maximum atomic E-state index is 12.2. The molecule has 0 fully saturated rings. The highest BCUT2D eigenvalue weighted by atomic mass is 16.1. The molecule has 3 rings (SSSR count). The molecule has 0 saturated heterocycles. The molecule has 1 aliphatic rings. The summed E-state index contributed by atoms with van der Waals surface area (Å²) in [6, 6.07) is 15.0. The minimum atomic E-state index is -0.0749. The van der Waals surface area contributed by atoms with E-state index in [-0.39, 0.29) is 5.91 Å². The van der Waals surface area contributed by atoms with E-state index in [9.17, 15) is 4.79 Å². The van der Waals surface area contributed by atoms with Crippen LogP contribution in [0.1, 0.15) is 27.0 Å². The SMILES string of the molecule is N#Cc1ccc(CNC(=O)c2ccc3c(c2)CCN3)cc1. The van der Waals surface area contributed by atoms with Crippen molar-refractivity contribution in [1.29, 1.82) is 5.26 Å². The Labute approximate surface area is 123 Å². The smallest absolute Gasteiger partial charge is 0.251 e. The molecule has 2 aromatic carbocycles. The van der Waals surface area contributed by atoms with Gasteiger partial charge in [-0.25, -0.2) is 0 Å². The van der Waals surface area contributed by atoms with Crippen LogP contribution in [0.3, 0.4) is 0 Å². The number of benzene rings is 2. The summed E-state index contributed by atoms with van der Waals surface area (Å²) in [6.45, 7) is 1.39. The lowest BCUT2D eigenvalue weighted by molar-refractivity contribution is 0.0951. The molecule has 104 valence electrons. The average molecular weight is 277 g/mol. The van der Waals surface area contributed by atoms with E-state index in [0.717, 1.165) is 24.2 Å². The summed E-state index contributed by atoms with van der Waals surface area (Å²) in [6.07, 6.45) is 0.964. The Balaban J connectivity index is 1.65. The monoisotopic (exact) mass is 277 g/mol. The molecule has 0 aromatic heterocycles. The summed E-state index contributed by atoms with van der Waals surface area (Å²) >= 11 is 0. The Morgan fingerprint density at radius 1 is 1.24 bits per heavy atom. The minimum Gasteiger partial charge on any atom is -0.384 e. The van der Waals surface area contributed by atoms with Crippen molar-refractivity contribution in [2.45, 2.75) is 13.0 Å². The summed E-state index contributed by atoms with van der Waals surface area (Å²) in [7, 11) is 0. The first-order valence-corrected chi connectivity index (χ1v) is 6.90. The molecule has 1 heterocycles. The number of amides is 1. The molecule has 0 spiro atoms. The van der Waals surface area contributed by atoms with Gasteiger partial charge in [0.05, 0.1) is 11.6 Å². The lowest BCUT2D eigenvalue weighted by Gasteiger charge is -2.07. The highest BCUT2D eigenvalue weighted by Crippen LogP contribution is 2.22. The van der Waals surface area contributed by atoms with Crippen molar-refractivity contribution in [3.8, 4) is 6.07 Å². The fourth-order valence-electron chi connectivity index (χ4n) is 2.43. The van der Waals surface area contributed by atoms with Gasteiger partial charge in [-0.05, 0) is 47.9 Å². The molecule has 0 unspecified atom stereocenters. The number of rotatable bonds is 3. The van der Waals surface area contributed by atoms with Crippen molar-refractivity contribution in [3.05, 3.63) is 64.7 Å². The standard InChI is InChI=1S/C17H15N3O/c18-10-12-1-3-13(4-2-12)11-20-17(21)15-5-6-16-14(9-15)7-8-19-16/h1-6,9,19H,7-8,11H2,(H,20,21). The van der Waals surface area contributed by atoms with Crippen LogP contribution in [0.2, 0.25) is 0 Å².